The zero-order chi connectivity index (χ0) is 17.7. The zero-order valence-corrected chi connectivity index (χ0v) is 14.0. The summed E-state index contributed by atoms with van der Waals surface area (Å²) in [6.45, 7) is 0.921. The average Bonchev–Trinajstić information content (AvgIpc) is 2.99. The van der Waals surface area contributed by atoms with Crippen LogP contribution >= 0.6 is 11.3 Å². The molecule has 0 aliphatic carbocycles. The third-order valence-electron chi connectivity index (χ3n) is 3.78. The number of fused-ring (bicyclic) bond motifs is 1. The number of alkyl carbamates (subject to hydrolysis) is 1. The van der Waals surface area contributed by atoms with Crippen LogP contribution in [0, 0.1) is 0 Å². The fourth-order valence-corrected chi connectivity index (χ4v) is 3.68. The molecule has 2 amide bonds. The Morgan fingerprint density at radius 1 is 1.46 bits per heavy atom. The first-order valence-electron chi connectivity index (χ1n) is 7.65. The number of alkyl halides is 3. The lowest BCUT2D eigenvalue weighted by Gasteiger charge is -2.35. The first-order chi connectivity index (χ1) is 11.3. The van der Waals surface area contributed by atoms with Gasteiger partial charge in [0.2, 0.25) is 5.91 Å². The van der Waals surface area contributed by atoms with Gasteiger partial charge in [0.05, 0.1) is 6.04 Å². The Labute approximate surface area is 141 Å². The fraction of sp³-hybridized carbons (Fsp3) is 0.600. The van der Waals surface area contributed by atoms with Crippen molar-refractivity contribution in [3.63, 3.8) is 0 Å². The van der Waals surface area contributed by atoms with E-state index in [9.17, 15) is 22.8 Å². The van der Waals surface area contributed by atoms with Gasteiger partial charge in [-0.15, -0.1) is 11.3 Å². The molecule has 5 nitrogen and oxygen atoms in total. The lowest BCUT2D eigenvalue weighted by molar-refractivity contribution is -0.160. The number of carbonyl (C=O) groups is 2. The van der Waals surface area contributed by atoms with Crippen molar-refractivity contribution >= 4 is 23.3 Å². The van der Waals surface area contributed by atoms with Crippen LogP contribution in [0.4, 0.5) is 18.0 Å². The number of ether oxygens (including phenoxy) is 1. The summed E-state index contributed by atoms with van der Waals surface area (Å²) in [5.74, 6) is -0.130. The normalized spacial score (nSPS) is 17.3. The largest absolute Gasteiger partial charge is 0.440 e. The number of nitrogens with zero attached hydrogens (tertiary/aromatic N) is 1. The van der Waals surface area contributed by atoms with E-state index in [1.54, 1.807) is 16.2 Å². The molecule has 0 saturated heterocycles. The summed E-state index contributed by atoms with van der Waals surface area (Å²) in [5, 5.41) is 4.18. The van der Waals surface area contributed by atoms with Crippen LogP contribution in [0.15, 0.2) is 11.4 Å². The van der Waals surface area contributed by atoms with E-state index in [0.29, 0.717) is 6.54 Å². The molecule has 0 spiro atoms. The van der Waals surface area contributed by atoms with E-state index in [1.807, 2.05) is 18.4 Å². The van der Waals surface area contributed by atoms with Crippen molar-refractivity contribution in [3.8, 4) is 0 Å². The van der Waals surface area contributed by atoms with E-state index in [0.717, 1.165) is 12.8 Å². The van der Waals surface area contributed by atoms with Gasteiger partial charge in [0, 0.05) is 24.4 Å². The van der Waals surface area contributed by atoms with E-state index < -0.39 is 18.9 Å². The van der Waals surface area contributed by atoms with Gasteiger partial charge in [0.25, 0.3) is 0 Å². The van der Waals surface area contributed by atoms with Crippen molar-refractivity contribution in [1.29, 1.82) is 0 Å². The lowest BCUT2D eigenvalue weighted by Crippen LogP contribution is -2.41. The number of amides is 2. The highest BCUT2D eigenvalue weighted by Crippen LogP contribution is 2.35. The van der Waals surface area contributed by atoms with Crippen molar-refractivity contribution in [3.05, 3.63) is 21.9 Å². The van der Waals surface area contributed by atoms with Gasteiger partial charge < -0.3 is 15.0 Å². The summed E-state index contributed by atoms with van der Waals surface area (Å²) in [6, 6.07) is 2.05. The zero-order valence-electron chi connectivity index (χ0n) is 13.2. The first-order valence-corrected chi connectivity index (χ1v) is 8.53. The Balaban J connectivity index is 1.80. The minimum absolute atomic E-state index is 0.0182. The van der Waals surface area contributed by atoms with Gasteiger partial charge in [-0.1, -0.05) is 6.92 Å². The summed E-state index contributed by atoms with van der Waals surface area (Å²) in [4.78, 5) is 26.6. The van der Waals surface area contributed by atoms with E-state index in [1.165, 1.54) is 10.4 Å². The maximum Gasteiger partial charge on any atom is 0.422 e. The summed E-state index contributed by atoms with van der Waals surface area (Å²) >= 11 is 1.68. The van der Waals surface area contributed by atoms with Gasteiger partial charge in [0.1, 0.15) is 0 Å². The van der Waals surface area contributed by atoms with Crippen LogP contribution in [0.5, 0.6) is 0 Å². The van der Waals surface area contributed by atoms with Crippen molar-refractivity contribution in [1.82, 2.24) is 10.2 Å². The maximum atomic E-state index is 12.4. The van der Waals surface area contributed by atoms with Crippen LogP contribution in [0.25, 0.3) is 0 Å². The molecule has 0 bridgehead atoms. The molecule has 0 aromatic carbocycles. The van der Waals surface area contributed by atoms with Crippen LogP contribution in [0.2, 0.25) is 0 Å². The number of rotatable bonds is 5. The minimum Gasteiger partial charge on any atom is -0.440 e. The van der Waals surface area contributed by atoms with Crippen molar-refractivity contribution in [2.75, 3.05) is 19.7 Å². The number of nitrogens with one attached hydrogen (secondary N) is 1. The van der Waals surface area contributed by atoms with Gasteiger partial charge in [-0.05, 0) is 29.9 Å². The highest BCUT2D eigenvalue weighted by Gasteiger charge is 2.31. The standard InChI is InChI=1S/C15H19F3N2O3S/c1-2-11-10-5-8-24-12(10)4-7-20(11)13(21)3-6-19-14(22)23-9-15(16,17)18/h5,8,11H,2-4,6-7,9H2,1H3,(H,19,22)/t11-/m0/s1. The van der Waals surface area contributed by atoms with Gasteiger partial charge in [-0.25, -0.2) is 4.79 Å². The van der Waals surface area contributed by atoms with Crippen LogP contribution < -0.4 is 5.32 Å². The number of halogens is 3. The van der Waals surface area contributed by atoms with Gasteiger partial charge in [-0.3, -0.25) is 4.79 Å². The molecule has 1 aromatic rings. The van der Waals surface area contributed by atoms with Crippen LogP contribution in [0.3, 0.4) is 0 Å². The molecular weight excluding hydrogens is 345 g/mol. The van der Waals surface area contributed by atoms with E-state index >= 15 is 0 Å². The molecule has 1 aromatic heterocycles. The van der Waals surface area contributed by atoms with Gasteiger partial charge >= 0.3 is 12.3 Å². The highest BCUT2D eigenvalue weighted by molar-refractivity contribution is 7.10. The lowest BCUT2D eigenvalue weighted by atomic mass is 9.97. The van der Waals surface area contributed by atoms with Gasteiger partial charge in [0.15, 0.2) is 6.61 Å². The molecule has 1 N–H and O–H groups in total. The molecule has 0 saturated carbocycles. The third-order valence-corrected chi connectivity index (χ3v) is 4.77. The Hall–Kier alpha value is -1.77. The number of hydrogen-bond acceptors (Lipinski definition) is 4. The van der Waals surface area contributed by atoms with Crippen LogP contribution in [-0.2, 0) is 16.0 Å². The molecule has 2 rings (SSSR count). The van der Waals surface area contributed by atoms with Crippen molar-refractivity contribution in [2.45, 2.75) is 38.4 Å². The summed E-state index contributed by atoms with van der Waals surface area (Å²) in [7, 11) is 0. The van der Waals surface area contributed by atoms with E-state index in [2.05, 4.69) is 10.1 Å². The van der Waals surface area contributed by atoms with Crippen molar-refractivity contribution < 1.29 is 27.5 Å². The smallest absolute Gasteiger partial charge is 0.422 e. The second-order valence-corrected chi connectivity index (χ2v) is 6.43. The van der Waals surface area contributed by atoms with Crippen molar-refractivity contribution in [2.24, 2.45) is 0 Å². The number of hydrogen-bond donors (Lipinski definition) is 1. The predicted molar refractivity (Wildman–Crippen MR) is 82.8 cm³/mol. The minimum atomic E-state index is -4.56. The molecule has 24 heavy (non-hydrogen) atoms. The maximum absolute atomic E-state index is 12.4. The SMILES string of the molecule is CC[C@H]1c2ccsc2CCN1C(=O)CCNC(=O)OCC(F)(F)F. The second kappa shape index (κ2) is 7.87. The summed E-state index contributed by atoms with van der Waals surface area (Å²) < 4.78 is 39.8. The summed E-state index contributed by atoms with van der Waals surface area (Å²) in [5.41, 5.74) is 1.17. The molecule has 1 atom stereocenters. The number of thiophene rings is 1. The fourth-order valence-electron chi connectivity index (χ4n) is 2.75. The summed E-state index contributed by atoms with van der Waals surface area (Å²) in [6.07, 6.45) is -4.12. The highest BCUT2D eigenvalue weighted by atomic mass is 32.1. The molecule has 0 radical (unpaired) electrons. The Morgan fingerprint density at radius 2 is 2.21 bits per heavy atom. The van der Waals surface area contributed by atoms with Gasteiger partial charge in [-0.2, -0.15) is 13.2 Å². The monoisotopic (exact) mass is 364 g/mol. The second-order valence-electron chi connectivity index (χ2n) is 5.43. The topological polar surface area (TPSA) is 58.6 Å². The molecule has 0 unspecified atom stereocenters. The molecule has 134 valence electrons. The Kier molecular flexibility index (Phi) is 6.09. The molecule has 9 heteroatoms. The molecular formula is C15H19F3N2O3S. The molecule has 1 aliphatic rings. The average molecular weight is 364 g/mol. The third kappa shape index (κ3) is 4.86. The Morgan fingerprint density at radius 3 is 2.88 bits per heavy atom. The molecule has 1 aliphatic heterocycles. The quantitative estimate of drug-likeness (QED) is 0.872. The Bertz CT molecular complexity index is 589. The first kappa shape index (κ1) is 18.6. The molecule has 2 heterocycles. The van der Waals surface area contributed by atoms with Crippen LogP contribution in [-0.4, -0.2) is 42.8 Å². The molecule has 0 fully saturated rings. The van der Waals surface area contributed by atoms with Crippen LogP contribution in [0.1, 0.15) is 36.2 Å². The number of carbonyl (C=O) groups excluding carboxylic acids is 2. The predicted octanol–water partition coefficient (Wildman–Crippen LogP) is 3.26. The van der Waals surface area contributed by atoms with E-state index in [-0.39, 0.29) is 24.9 Å². The van der Waals surface area contributed by atoms with E-state index in [4.69, 9.17) is 0 Å².